The van der Waals surface area contributed by atoms with E-state index in [4.69, 9.17) is 0 Å². The lowest BCUT2D eigenvalue weighted by Crippen LogP contribution is -2.49. The van der Waals surface area contributed by atoms with Gasteiger partial charge in [0.05, 0.1) is 5.69 Å². The van der Waals surface area contributed by atoms with Gasteiger partial charge in [0.1, 0.15) is 23.7 Å². The third-order valence-electron chi connectivity index (χ3n) is 4.07. The van der Waals surface area contributed by atoms with Gasteiger partial charge >= 0.3 is 0 Å². The second kappa shape index (κ2) is 7.74. The van der Waals surface area contributed by atoms with Crippen molar-refractivity contribution in [3.8, 4) is 0 Å². The van der Waals surface area contributed by atoms with Crippen LogP contribution in [0, 0.1) is 5.82 Å². The Labute approximate surface area is 146 Å². The predicted molar refractivity (Wildman–Crippen MR) is 95.2 cm³/mol. The number of carbonyl (C=O) groups is 1. The molecule has 6 nitrogen and oxygen atoms in total. The fourth-order valence-corrected chi connectivity index (χ4v) is 2.77. The molecule has 0 atom stereocenters. The number of benzene rings is 1. The van der Waals surface area contributed by atoms with E-state index >= 15 is 0 Å². The van der Waals surface area contributed by atoms with E-state index in [0.29, 0.717) is 49.9 Å². The van der Waals surface area contributed by atoms with Gasteiger partial charge in [0.2, 0.25) is 0 Å². The van der Waals surface area contributed by atoms with E-state index in [1.165, 1.54) is 12.4 Å². The molecule has 3 rings (SSSR count). The molecule has 25 heavy (non-hydrogen) atoms. The zero-order chi connectivity index (χ0) is 17.6. The number of nitrogens with zero attached hydrogens (tertiary/aromatic N) is 4. The summed E-state index contributed by atoms with van der Waals surface area (Å²) in [6.07, 6.45) is 3.08. The molecule has 1 saturated heterocycles. The largest absolute Gasteiger partial charge is 0.366 e. The van der Waals surface area contributed by atoms with Crippen LogP contribution in [0.25, 0.3) is 0 Å². The molecule has 2 heterocycles. The second-order valence-corrected chi connectivity index (χ2v) is 5.69. The summed E-state index contributed by atoms with van der Waals surface area (Å²) in [5.74, 6) is 0.205. The fourth-order valence-electron chi connectivity index (χ4n) is 2.77. The standard InChI is InChI=1S/C18H20FN5O/c1-2-7-20-17-12-15(21-13-22-17)18(25)24-10-8-23(9-11-24)16-6-4-3-5-14(16)19/h2-6,12-13H,1,7-11H2,(H,20,21,22). The minimum absolute atomic E-state index is 0.141. The van der Waals surface area contributed by atoms with Crippen molar-refractivity contribution in [1.82, 2.24) is 14.9 Å². The van der Waals surface area contributed by atoms with Gasteiger partial charge in [-0.05, 0) is 12.1 Å². The monoisotopic (exact) mass is 341 g/mol. The SMILES string of the molecule is C=CCNc1cc(C(=O)N2CCN(c3ccccc3F)CC2)ncn1. The zero-order valence-electron chi connectivity index (χ0n) is 13.9. The van der Waals surface area contributed by atoms with Gasteiger partial charge in [0.25, 0.3) is 5.91 Å². The van der Waals surface area contributed by atoms with Crippen molar-refractivity contribution >= 4 is 17.4 Å². The van der Waals surface area contributed by atoms with E-state index < -0.39 is 0 Å². The number of amides is 1. The van der Waals surface area contributed by atoms with Crippen molar-refractivity contribution in [2.75, 3.05) is 42.9 Å². The molecule has 1 aliphatic heterocycles. The van der Waals surface area contributed by atoms with Crippen molar-refractivity contribution in [1.29, 1.82) is 0 Å². The Hall–Kier alpha value is -2.96. The summed E-state index contributed by atoms with van der Waals surface area (Å²) in [6.45, 7) is 6.40. The normalized spacial score (nSPS) is 14.3. The molecule has 0 radical (unpaired) electrons. The van der Waals surface area contributed by atoms with Crippen LogP contribution in [-0.4, -0.2) is 53.5 Å². The molecular formula is C18H20FN5O. The van der Waals surface area contributed by atoms with Crippen LogP contribution in [0.2, 0.25) is 0 Å². The van der Waals surface area contributed by atoms with Crippen LogP contribution >= 0.6 is 0 Å². The number of hydrogen-bond donors (Lipinski definition) is 1. The zero-order valence-corrected chi connectivity index (χ0v) is 13.9. The van der Waals surface area contributed by atoms with E-state index in [0.717, 1.165) is 0 Å². The Kier molecular flexibility index (Phi) is 5.23. The summed E-state index contributed by atoms with van der Waals surface area (Å²) in [4.78, 5) is 24.5. The molecule has 0 unspecified atom stereocenters. The highest BCUT2D eigenvalue weighted by molar-refractivity contribution is 5.93. The van der Waals surface area contributed by atoms with Crippen molar-refractivity contribution in [2.45, 2.75) is 0 Å². The average molecular weight is 341 g/mol. The molecule has 1 aromatic carbocycles. The first-order chi connectivity index (χ1) is 12.2. The molecule has 0 saturated carbocycles. The number of aromatic nitrogens is 2. The number of para-hydroxylation sites is 1. The quantitative estimate of drug-likeness (QED) is 0.845. The third kappa shape index (κ3) is 3.93. The molecule has 1 fully saturated rings. The summed E-state index contributed by atoms with van der Waals surface area (Å²) >= 11 is 0. The average Bonchev–Trinajstić information content (AvgIpc) is 2.66. The predicted octanol–water partition coefficient (Wildman–Crippen LogP) is 2.18. The number of piperazine rings is 1. The first-order valence-corrected chi connectivity index (χ1v) is 8.14. The number of carbonyl (C=O) groups excluding carboxylic acids is 1. The summed E-state index contributed by atoms with van der Waals surface area (Å²) in [5, 5.41) is 3.04. The van der Waals surface area contributed by atoms with Gasteiger partial charge in [0, 0.05) is 38.8 Å². The molecule has 0 aliphatic carbocycles. The van der Waals surface area contributed by atoms with Crippen LogP contribution in [0.5, 0.6) is 0 Å². The van der Waals surface area contributed by atoms with E-state index in [1.54, 1.807) is 29.2 Å². The van der Waals surface area contributed by atoms with Gasteiger partial charge in [-0.25, -0.2) is 14.4 Å². The number of halogens is 1. The maximum atomic E-state index is 13.9. The van der Waals surface area contributed by atoms with Gasteiger partial charge < -0.3 is 15.1 Å². The van der Waals surface area contributed by atoms with Crippen LogP contribution in [0.1, 0.15) is 10.5 Å². The van der Waals surface area contributed by atoms with Gasteiger partial charge in [-0.3, -0.25) is 4.79 Å². The van der Waals surface area contributed by atoms with Gasteiger partial charge in [0.15, 0.2) is 0 Å². The van der Waals surface area contributed by atoms with E-state index in [1.807, 2.05) is 11.0 Å². The molecule has 2 aromatic rings. The Morgan fingerprint density at radius 2 is 2.00 bits per heavy atom. The topological polar surface area (TPSA) is 61.4 Å². The van der Waals surface area contributed by atoms with Gasteiger partial charge in [-0.2, -0.15) is 0 Å². The van der Waals surface area contributed by atoms with E-state index in [-0.39, 0.29) is 11.7 Å². The maximum Gasteiger partial charge on any atom is 0.272 e. The molecule has 1 N–H and O–H groups in total. The molecule has 130 valence electrons. The third-order valence-corrected chi connectivity index (χ3v) is 4.07. The highest BCUT2D eigenvalue weighted by Gasteiger charge is 2.24. The first-order valence-electron chi connectivity index (χ1n) is 8.14. The Morgan fingerprint density at radius 3 is 2.72 bits per heavy atom. The van der Waals surface area contributed by atoms with Crippen LogP contribution in [0.4, 0.5) is 15.9 Å². The van der Waals surface area contributed by atoms with Crippen molar-refractivity contribution in [3.05, 3.63) is 60.8 Å². The second-order valence-electron chi connectivity index (χ2n) is 5.69. The summed E-state index contributed by atoms with van der Waals surface area (Å²) < 4.78 is 13.9. The molecule has 1 aromatic heterocycles. The Balaban J connectivity index is 1.64. The maximum absolute atomic E-state index is 13.9. The van der Waals surface area contributed by atoms with Crippen molar-refractivity contribution < 1.29 is 9.18 Å². The smallest absolute Gasteiger partial charge is 0.272 e. The number of anilines is 2. The first kappa shape index (κ1) is 16.9. The molecule has 1 aliphatic rings. The fraction of sp³-hybridized carbons (Fsp3) is 0.278. The number of rotatable bonds is 5. The molecule has 1 amide bonds. The van der Waals surface area contributed by atoms with Crippen LogP contribution in [-0.2, 0) is 0 Å². The highest BCUT2D eigenvalue weighted by atomic mass is 19.1. The van der Waals surface area contributed by atoms with Crippen molar-refractivity contribution in [2.24, 2.45) is 0 Å². The number of nitrogens with one attached hydrogen (secondary N) is 1. The molecule has 0 bridgehead atoms. The summed E-state index contributed by atoms with van der Waals surface area (Å²) in [7, 11) is 0. The highest BCUT2D eigenvalue weighted by Crippen LogP contribution is 2.20. The van der Waals surface area contributed by atoms with Crippen LogP contribution in [0.3, 0.4) is 0 Å². The molecule has 7 heteroatoms. The minimum atomic E-state index is -0.240. The molecule has 0 spiro atoms. The Bertz CT molecular complexity index is 759. The lowest BCUT2D eigenvalue weighted by Gasteiger charge is -2.36. The summed E-state index contributed by atoms with van der Waals surface area (Å²) in [5.41, 5.74) is 0.924. The van der Waals surface area contributed by atoms with E-state index in [9.17, 15) is 9.18 Å². The Morgan fingerprint density at radius 1 is 1.24 bits per heavy atom. The minimum Gasteiger partial charge on any atom is -0.366 e. The van der Waals surface area contributed by atoms with Gasteiger partial charge in [-0.1, -0.05) is 18.2 Å². The van der Waals surface area contributed by atoms with Gasteiger partial charge in [-0.15, -0.1) is 6.58 Å². The molecular weight excluding hydrogens is 321 g/mol. The lowest BCUT2D eigenvalue weighted by molar-refractivity contribution is 0.0740. The van der Waals surface area contributed by atoms with Crippen molar-refractivity contribution in [3.63, 3.8) is 0 Å². The van der Waals surface area contributed by atoms with Crippen LogP contribution in [0.15, 0.2) is 49.3 Å². The van der Waals surface area contributed by atoms with Crippen LogP contribution < -0.4 is 10.2 Å². The number of hydrogen-bond acceptors (Lipinski definition) is 5. The lowest BCUT2D eigenvalue weighted by atomic mass is 10.2. The van der Waals surface area contributed by atoms with E-state index in [2.05, 4.69) is 21.9 Å². The summed E-state index contributed by atoms with van der Waals surface area (Å²) in [6, 6.07) is 8.33.